The number of aliphatic imine (C=N–C) groups is 1. The van der Waals surface area contributed by atoms with E-state index in [0.29, 0.717) is 18.2 Å². The van der Waals surface area contributed by atoms with Crippen LogP contribution in [-0.4, -0.2) is 22.1 Å². The average Bonchev–Trinajstić information content (AvgIpc) is 3.02. The van der Waals surface area contributed by atoms with Crippen molar-refractivity contribution in [2.75, 3.05) is 11.4 Å². The first kappa shape index (κ1) is 18.3. The molecule has 3 aromatic rings. The van der Waals surface area contributed by atoms with Crippen molar-refractivity contribution in [3.63, 3.8) is 0 Å². The van der Waals surface area contributed by atoms with Crippen molar-refractivity contribution in [2.45, 2.75) is 26.4 Å². The van der Waals surface area contributed by atoms with Gasteiger partial charge in [-0.2, -0.15) is 13.2 Å². The zero-order valence-electron chi connectivity index (χ0n) is 15.5. The molecule has 1 aromatic heterocycles. The molecule has 0 aliphatic carbocycles. The largest absolute Gasteiger partial charge is 0.416 e. The van der Waals surface area contributed by atoms with Gasteiger partial charge in [0.05, 0.1) is 16.6 Å². The Morgan fingerprint density at radius 3 is 2.50 bits per heavy atom. The first-order chi connectivity index (χ1) is 13.4. The summed E-state index contributed by atoms with van der Waals surface area (Å²) in [6.07, 6.45) is 0.123. The molecule has 0 N–H and O–H groups in total. The lowest BCUT2D eigenvalue weighted by Gasteiger charge is -2.28. The Kier molecular flexibility index (Phi) is 4.45. The van der Waals surface area contributed by atoms with Crippen LogP contribution in [0.25, 0.3) is 11.0 Å². The Morgan fingerprint density at radius 1 is 1.07 bits per heavy atom. The summed E-state index contributed by atoms with van der Waals surface area (Å²) in [4.78, 5) is 11.0. The number of aromatic nitrogens is 2. The Labute approximate surface area is 160 Å². The number of aryl methyl sites for hydroxylation is 2. The quantitative estimate of drug-likeness (QED) is 0.611. The van der Waals surface area contributed by atoms with Crippen LogP contribution in [0.15, 0.2) is 59.7 Å². The average molecular weight is 384 g/mol. The number of rotatable bonds is 2. The van der Waals surface area contributed by atoms with Crippen LogP contribution in [0.5, 0.6) is 0 Å². The number of hydrogen-bond donors (Lipinski definition) is 0. The van der Waals surface area contributed by atoms with Gasteiger partial charge in [0.25, 0.3) is 0 Å². The van der Waals surface area contributed by atoms with Crippen molar-refractivity contribution >= 4 is 22.7 Å². The predicted octanol–water partition coefficient (Wildman–Crippen LogP) is 5.16. The minimum atomic E-state index is -4.36. The van der Waals surface area contributed by atoms with Gasteiger partial charge < -0.3 is 4.90 Å². The second-order valence-electron chi connectivity index (χ2n) is 6.64. The second kappa shape index (κ2) is 6.82. The Hall–Kier alpha value is -3.09. The molecule has 28 heavy (non-hydrogen) atoms. The summed E-state index contributed by atoms with van der Waals surface area (Å²) < 4.78 is 40.7. The summed E-state index contributed by atoms with van der Waals surface area (Å²) in [6.45, 7) is 4.50. The molecule has 0 fully saturated rings. The van der Waals surface area contributed by atoms with E-state index >= 15 is 0 Å². The molecule has 0 unspecified atom stereocenters. The van der Waals surface area contributed by atoms with Gasteiger partial charge in [-0.15, -0.1) is 0 Å². The van der Waals surface area contributed by atoms with Gasteiger partial charge in [0.15, 0.2) is 0 Å². The number of anilines is 1. The van der Waals surface area contributed by atoms with Gasteiger partial charge >= 0.3 is 6.18 Å². The third-order valence-corrected chi connectivity index (χ3v) is 4.83. The number of benzene rings is 2. The Bertz CT molecular complexity index is 1080. The van der Waals surface area contributed by atoms with E-state index in [2.05, 4.69) is 29.0 Å². The molecule has 4 rings (SSSR count). The zero-order valence-corrected chi connectivity index (χ0v) is 15.5. The van der Waals surface area contributed by atoms with Gasteiger partial charge in [-0.1, -0.05) is 13.0 Å². The molecule has 4 nitrogen and oxygen atoms in total. The van der Waals surface area contributed by atoms with E-state index < -0.39 is 11.7 Å². The summed E-state index contributed by atoms with van der Waals surface area (Å²) in [7, 11) is 0. The maximum Gasteiger partial charge on any atom is 0.416 e. The minimum absolute atomic E-state index is 0.511. The van der Waals surface area contributed by atoms with Crippen molar-refractivity contribution in [1.29, 1.82) is 0 Å². The third kappa shape index (κ3) is 3.17. The van der Waals surface area contributed by atoms with Crippen molar-refractivity contribution in [1.82, 2.24) is 9.55 Å². The van der Waals surface area contributed by atoms with Crippen LogP contribution in [0, 0.1) is 6.92 Å². The highest BCUT2D eigenvalue weighted by Gasteiger charge is 2.30. The summed E-state index contributed by atoms with van der Waals surface area (Å²) >= 11 is 0. The van der Waals surface area contributed by atoms with Crippen LogP contribution in [0.4, 0.5) is 18.9 Å². The van der Waals surface area contributed by atoms with Crippen LogP contribution < -0.4 is 4.90 Å². The van der Waals surface area contributed by atoms with E-state index in [0.717, 1.165) is 35.4 Å². The molecule has 0 bridgehead atoms. The van der Waals surface area contributed by atoms with Gasteiger partial charge in [0, 0.05) is 18.4 Å². The van der Waals surface area contributed by atoms with Crippen LogP contribution in [0.1, 0.15) is 23.9 Å². The smallest absolute Gasteiger partial charge is 0.308 e. The third-order valence-electron chi connectivity index (χ3n) is 4.83. The number of alkyl halides is 3. The van der Waals surface area contributed by atoms with Crippen molar-refractivity contribution in [3.8, 4) is 0 Å². The second-order valence-corrected chi connectivity index (χ2v) is 6.64. The van der Waals surface area contributed by atoms with Crippen LogP contribution in [0.2, 0.25) is 0 Å². The lowest BCUT2D eigenvalue weighted by Crippen LogP contribution is -2.38. The first-order valence-electron chi connectivity index (χ1n) is 9.04. The highest BCUT2D eigenvalue weighted by atomic mass is 19.4. The molecule has 0 atom stereocenters. The highest BCUT2D eigenvalue weighted by molar-refractivity contribution is 6.04. The molecule has 1 aliphatic rings. The van der Waals surface area contributed by atoms with E-state index in [4.69, 9.17) is 0 Å². The SMILES string of the molecule is CCc1ccc2nc(C)n(C3=NC=CCN3c3ccc(C(F)(F)F)cc3)c2c1. The Balaban J connectivity index is 1.80. The maximum atomic E-state index is 12.9. The molecular weight excluding hydrogens is 365 g/mol. The fourth-order valence-corrected chi connectivity index (χ4v) is 3.37. The van der Waals surface area contributed by atoms with Crippen LogP contribution >= 0.6 is 0 Å². The molecule has 0 amide bonds. The van der Waals surface area contributed by atoms with Crippen molar-refractivity contribution < 1.29 is 13.2 Å². The van der Waals surface area contributed by atoms with E-state index in [1.807, 2.05) is 28.5 Å². The molecule has 1 aliphatic heterocycles. The van der Waals surface area contributed by atoms with Gasteiger partial charge in [-0.25, -0.2) is 9.98 Å². The summed E-state index contributed by atoms with van der Waals surface area (Å²) in [6, 6.07) is 11.3. The predicted molar refractivity (Wildman–Crippen MR) is 105 cm³/mol. The molecule has 0 spiro atoms. The number of fused-ring (bicyclic) bond motifs is 1. The first-order valence-corrected chi connectivity index (χ1v) is 9.04. The van der Waals surface area contributed by atoms with Gasteiger partial charge in [-0.3, -0.25) is 4.57 Å². The normalized spacial score (nSPS) is 14.6. The fourth-order valence-electron chi connectivity index (χ4n) is 3.37. The molecule has 2 heterocycles. The Morgan fingerprint density at radius 2 is 1.82 bits per heavy atom. The lowest BCUT2D eigenvalue weighted by molar-refractivity contribution is -0.137. The number of hydrogen-bond acceptors (Lipinski definition) is 3. The standard InChI is InChI=1S/C21H19F3N4/c1-3-15-5-10-18-19(13-15)28(14(2)26-18)20-25-11-4-12-27(20)17-8-6-16(7-9-17)21(22,23)24/h4-11,13H,3,12H2,1-2H3. The number of halogens is 3. The summed E-state index contributed by atoms with van der Waals surface area (Å²) in [5.74, 6) is 1.39. The van der Waals surface area contributed by atoms with Gasteiger partial charge in [-0.05, 0) is 61.4 Å². The minimum Gasteiger partial charge on any atom is -0.308 e. The monoisotopic (exact) mass is 384 g/mol. The van der Waals surface area contributed by atoms with Crippen LogP contribution in [0.3, 0.4) is 0 Å². The van der Waals surface area contributed by atoms with Crippen molar-refractivity contribution in [2.24, 2.45) is 4.99 Å². The molecule has 7 heteroatoms. The van der Waals surface area contributed by atoms with E-state index in [1.165, 1.54) is 17.7 Å². The molecule has 2 aromatic carbocycles. The topological polar surface area (TPSA) is 33.4 Å². The number of imidazole rings is 1. The fraction of sp³-hybridized carbons (Fsp3) is 0.238. The van der Waals surface area contributed by atoms with E-state index in [9.17, 15) is 13.2 Å². The summed E-state index contributed by atoms with van der Waals surface area (Å²) in [5, 5.41) is 0. The number of nitrogens with zero attached hydrogens (tertiary/aromatic N) is 4. The van der Waals surface area contributed by atoms with Crippen LogP contribution in [-0.2, 0) is 12.6 Å². The van der Waals surface area contributed by atoms with Gasteiger partial charge in [0.2, 0.25) is 5.96 Å². The summed E-state index contributed by atoms with van der Waals surface area (Å²) in [5.41, 5.74) is 2.95. The molecular formula is C21H19F3N4. The molecule has 0 saturated carbocycles. The van der Waals surface area contributed by atoms with Crippen molar-refractivity contribution in [3.05, 3.63) is 71.7 Å². The lowest BCUT2D eigenvalue weighted by atomic mass is 10.1. The molecule has 0 radical (unpaired) electrons. The maximum absolute atomic E-state index is 12.9. The zero-order chi connectivity index (χ0) is 19.9. The highest BCUT2D eigenvalue weighted by Crippen LogP contribution is 2.31. The molecule has 144 valence electrons. The van der Waals surface area contributed by atoms with Gasteiger partial charge in [0.1, 0.15) is 5.82 Å². The van der Waals surface area contributed by atoms with E-state index in [-0.39, 0.29) is 0 Å². The molecule has 0 saturated heterocycles. The van der Waals surface area contributed by atoms with E-state index in [1.54, 1.807) is 6.20 Å².